The maximum atomic E-state index is 10.4. The minimum absolute atomic E-state index is 0.0970. The van der Waals surface area contributed by atoms with Gasteiger partial charge in [-0.05, 0) is 0 Å². The van der Waals surface area contributed by atoms with Crippen LogP contribution in [-0.4, -0.2) is 32.6 Å². The number of nitrogens with zero attached hydrogens (tertiary/aromatic N) is 2. The molecule has 0 radical (unpaired) electrons. The van der Waals surface area contributed by atoms with E-state index in [1.165, 1.54) is 10.9 Å². The molecule has 0 atom stereocenters. The Morgan fingerprint density at radius 3 is 2.83 bits per heavy atom. The lowest BCUT2D eigenvalue weighted by Crippen LogP contribution is -2.05. The Labute approximate surface area is 68.2 Å². The van der Waals surface area contributed by atoms with Gasteiger partial charge in [-0.3, -0.25) is 4.68 Å². The van der Waals surface area contributed by atoms with Gasteiger partial charge in [0, 0.05) is 6.20 Å². The van der Waals surface area contributed by atoms with E-state index in [1.807, 2.05) is 0 Å². The van der Waals surface area contributed by atoms with E-state index in [0.29, 0.717) is 0 Å². The van der Waals surface area contributed by atoms with Crippen LogP contribution in [0.2, 0.25) is 0 Å². The zero-order valence-corrected chi connectivity index (χ0v) is 6.27. The third kappa shape index (κ3) is 1.54. The van der Waals surface area contributed by atoms with Crippen molar-refractivity contribution in [3.05, 3.63) is 11.9 Å². The summed E-state index contributed by atoms with van der Waals surface area (Å²) in [4.78, 5) is 10.4. The summed E-state index contributed by atoms with van der Waals surface area (Å²) in [6.07, 6.45) is 1.37. The number of anilines is 1. The smallest absolute Gasteiger partial charge is 0.358 e. The Morgan fingerprint density at radius 1 is 1.75 bits per heavy atom. The molecule has 0 saturated carbocycles. The summed E-state index contributed by atoms with van der Waals surface area (Å²) < 4.78 is 1.29. The van der Waals surface area contributed by atoms with Gasteiger partial charge in [-0.15, -0.1) is 0 Å². The number of nitrogen functional groups attached to an aromatic ring is 1. The van der Waals surface area contributed by atoms with E-state index in [1.54, 1.807) is 0 Å². The number of carboxylic acids is 1. The average molecular weight is 171 g/mol. The van der Waals surface area contributed by atoms with Gasteiger partial charge in [0.05, 0.1) is 18.8 Å². The molecule has 0 saturated heterocycles. The molecule has 1 aromatic rings. The fraction of sp³-hybridized carbons (Fsp3) is 0.333. The molecule has 1 rings (SSSR count). The van der Waals surface area contributed by atoms with Crippen LogP contribution in [0.5, 0.6) is 0 Å². The first-order chi connectivity index (χ1) is 5.65. The molecule has 0 aromatic carbocycles. The predicted octanol–water partition coefficient (Wildman–Crippen LogP) is -0.844. The highest BCUT2D eigenvalue weighted by atomic mass is 16.4. The van der Waals surface area contributed by atoms with Crippen LogP contribution in [0.25, 0.3) is 0 Å². The first-order valence-corrected chi connectivity index (χ1v) is 3.32. The zero-order chi connectivity index (χ0) is 9.14. The molecule has 0 aliphatic heterocycles. The Balaban J connectivity index is 2.92. The molecular weight excluding hydrogens is 162 g/mol. The number of rotatable bonds is 3. The van der Waals surface area contributed by atoms with Crippen molar-refractivity contribution in [1.29, 1.82) is 0 Å². The van der Waals surface area contributed by atoms with Crippen molar-refractivity contribution in [1.82, 2.24) is 9.78 Å². The summed E-state index contributed by atoms with van der Waals surface area (Å²) in [5.41, 5.74) is 5.26. The predicted molar refractivity (Wildman–Crippen MR) is 40.7 cm³/mol. The number of aliphatic hydroxyl groups is 1. The second kappa shape index (κ2) is 3.22. The molecule has 0 unspecified atom stereocenters. The van der Waals surface area contributed by atoms with Crippen molar-refractivity contribution in [3.63, 3.8) is 0 Å². The highest BCUT2D eigenvalue weighted by Gasteiger charge is 2.12. The molecule has 6 heteroatoms. The van der Waals surface area contributed by atoms with Gasteiger partial charge >= 0.3 is 5.97 Å². The van der Waals surface area contributed by atoms with E-state index < -0.39 is 5.97 Å². The third-order valence-corrected chi connectivity index (χ3v) is 1.32. The minimum atomic E-state index is -1.16. The molecule has 0 amide bonds. The number of hydrogen-bond donors (Lipinski definition) is 3. The summed E-state index contributed by atoms with van der Waals surface area (Å²) in [7, 11) is 0. The van der Waals surface area contributed by atoms with Crippen LogP contribution in [0, 0.1) is 0 Å². The van der Waals surface area contributed by atoms with Crippen LogP contribution >= 0.6 is 0 Å². The second-order valence-corrected chi connectivity index (χ2v) is 2.22. The van der Waals surface area contributed by atoms with Crippen LogP contribution in [-0.2, 0) is 6.54 Å². The lowest BCUT2D eigenvalue weighted by molar-refractivity contribution is 0.0690. The summed E-state index contributed by atoms with van der Waals surface area (Å²) in [5, 5.41) is 20.7. The Bertz CT molecular complexity index is 294. The molecule has 0 spiro atoms. The van der Waals surface area contributed by atoms with E-state index in [2.05, 4.69) is 5.10 Å². The fourth-order valence-corrected chi connectivity index (χ4v) is 0.820. The largest absolute Gasteiger partial charge is 0.476 e. The molecule has 6 nitrogen and oxygen atoms in total. The van der Waals surface area contributed by atoms with Crippen molar-refractivity contribution in [2.24, 2.45) is 0 Å². The molecule has 0 fully saturated rings. The molecule has 1 heterocycles. The maximum absolute atomic E-state index is 10.4. The second-order valence-electron chi connectivity index (χ2n) is 2.22. The van der Waals surface area contributed by atoms with Gasteiger partial charge in [-0.25, -0.2) is 4.79 Å². The minimum Gasteiger partial charge on any atom is -0.476 e. The van der Waals surface area contributed by atoms with Gasteiger partial charge < -0.3 is 15.9 Å². The summed E-state index contributed by atoms with van der Waals surface area (Å²) >= 11 is 0. The summed E-state index contributed by atoms with van der Waals surface area (Å²) in [6.45, 7) is 0.150. The lowest BCUT2D eigenvalue weighted by Gasteiger charge is -1.93. The van der Waals surface area contributed by atoms with Crippen molar-refractivity contribution in [2.75, 3.05) is 12.3 Å². The van der Waals surface area contributed by atoms with Crippen molar-refractivity contribution >= 4 is 11.7 Å². The Hall–Kier alpha value is -1.56. The van der Waals surface area contributed by atoms with Crippen molar-refractivity contribution in [3.8, 4) is 0 Å². The van der Waals surface area contributed by atoms with Gasteiger partial charge in [0.25, 0.3) is 0 Å². The van der Waals surface area contributed by atoms with Gasteiger partial charge in [0.15, 0.2) is 5.69 Å². The lowest BCUT2D eigenvalue weighted by atomic mass is 10.4. The molecule has 4 N–H and O–H groups in total. The van der Waals surface area contributed by atoms with Crippen LogP contribution < -0.4 is 5.73 Å². The van der Waals surface area contributed by atoms with E-state index in [4.69, 9.17) is 15.9 Å². The highest BCUT2D eigenvalue weighted by molar-refractivity contribution is 5.91. The quantitative estimate of drug-likeness (QED) is 0.550. The molecule has 0 aliphatic carbocycles. The molecule has 1 aromatic heterocycles. The number of aromatic carboxylic acids is 1. The van der Waals surface area contributed by atoms with E-state index in [9.17, 15) is 4.79 Å². The van der Waals surface area contributed by atoms with Gasteiger partial charge in [0.1, 0.15) is 0 Å². The molecule has 66 valence electrons. The van der Waals surface area contributed by atoms with Gasteiger partial charge in [-0.2, -0.15) is 5.10 Å². The molecule has 12 heavy (non-hydrogen) atoms. The number of nitrogens with two attached hydrogens (primary N) is 1. The fourth-order valence-electron chi connectivity index (χ4n) is 0.820. The van der Waals surface area contributed by atoms with Gasteiger partial charge in [0.2, 0.25) is 0 Å². The number of carbonyl (C=O) groups is 1. The first-order valence-electron chi connectivity index (χ1n) is 3.32. The maximum Gasteiger partial charge on any atom is 0.358 e. The third-order valence-electron chi connectivity index (χ3n) is 1.32. The first kappa shape index (κ1) is 8.54. The van der Waals surface area contributed by atoms with Gasteiger partial charge in [-0.1, -0.05) is 0 Å². The van der Waals surface area contributed by atoms with Crippen LogP contribution in [0.1, 0.15) is 10.5 Å². The summed E-state index contributed by atoms with van der Waals surface area (Å²) in [5.74, 6) is -1.16. The molecular formula is C6H9N3O3. The van der Waals surface area contributed by atoms with E-state index in [-0.39, 0.29) is 24.5 Å². The van der Waals surface area contributed by atoms with E-state index >= 15 is 0 Å². The molecule has 0 aliphatic rings. The van der Waals surface area contributed by atoms with Crippen LogP contribution in [0.4, 0.5) is 5.69 Å². The standard InChI is InChI=1S/C6H9N3O3/c7-4-3-9(1-2-10)8-5(4)6(11)12/h3,10H,1-2,7H2,(H,11,12). The Kier molecular flexibility index (Phi) is 2.29. The number of carboxylic acid groups (broad SMARTS) is 1. The number of hydrogen-bond acceptors (Lipinski definition) is 4. The van der Waals surface area contributed by atoms with E-state index in [0.717, 1.165) is 0 Å². The summed E-state index contributed by atoms with van der Waals surface area (Å²) in [6, 6.07) is 0. The van der Waals surface area contributed by atoms with Crippen molar-refractivity contribution < 1.29 is 15.0 Å². The Morgan fingerprint density at radius 2 is 2.42 bits per heavy atom. The molecule has 0 bridgehead atoms. The average Bonchev–Trinajstić information content (AvgIpc) is 2.32. The zero-order valence-electron chi connectivity index (χ0n) is 6.27. The monoisotopic (exact) mass is 171 g/mol. The number of aliphatic hydroxyl groups excluding tert-OH is 1. The normalized spacial score (nSPS) is 10.1. The number of aromatic nitrogens is 2. The van der Waals surface area contributed by atoms with Crippen LogP contribution in [0.15, 0.2) is 6.20 Å². The topological polar surface area (TPSA) is 101 Å². The highest BCUT2D eigenvalue weighted by Crippen LogP contribution is 2.07. The SMILES string of the molecule is Nc1cn(CCO)nc1C(=O)O. The van der Waals surface area contributed by atoms with Crippen LogP contribution in [0.3, 0.4) is 0 Å². The van der Waals surface area contributed by atoms with Crippen molar-refractivity contribution in [2.45, 2.75) is 6.54 Å².